The molecule has 0 aliphatic heterocycles. The zero-order valence-electron chi connectivity index (χ0n) is 10.1. The summed E-state index contributed by atoms with van der Waals surface area (Å²) in [5, 5.41) is 5.75. The van der Waals surface area contributed by atoms with Crippen molar-refractivity contribution >= 4 is 27.5 Å². The Morgan fingerprint density at radius 1 is 1.47 bits per heavy atom. The van der Waals surface area contributed by atoms with Gasteiger partial charge >= 0.3 is 0 Å². The highest BCUT2D eigenvalue weighted by Crippen LogP contribution is 2.23. The van der Waals surface area contributed by atoms with Gasteiger partial charge in [-0.15, -0.1) is 0 Å². The Morgan fingerprint density at radius 2 is 2.12 bits per heavy atom. The van der Waals surface area contributed by atoms with E-state index in [1.54, 1.807) is 13.0 Å². The fourth-order valence-corrected chi connectivity index (χ4v) is 1.73. The molecule has 17 heavy (non-hydrogen) atoms. The van der Waals surface area contributed by atoms with E-state index in [1.807, 2.05) is 13.8 Å². The summed E-state index contributed by atoms with van der Waals surface area (Å²) in [6.07, 6.45) is 0. The summed E-state index contributed by atoms with van der Waals surface area (Å²) >= 11 is 3.11. The van der Waals surface area contributed by atoms with E-state index >= 15 is 0 Å². The molecule has 94 valence electrons. The van der Waals surface area contributed by atoms with Gasteiger partial charge in [-0.3, -0.25) is 4.79 Å². The summed E-state index contributed by atoms with van der Waals surface area (Å²) in [7, 11) is 0. The van der Waals surface area contributed by atoms with Crippen molar-refractivity contribution in [3.63, 3.8) is 0 Å². The Balaban J connectivity index is 2.63. The van der Waals surface area contributed by atoms with Crippen LogP contribution in [0, 0.1) is 12.7 Å². The van der Waals surface area contributed by atoms with Crippen LogP contribution in [-0.2, 0) is 4.79 Å². The second-order valence-corrected chi connectivity index (χ2v) is 5.01. The molecule has 0 heterocycles. The van der Waals surface area contributed by atoms with E-state index in [0.717, 1.165) is 11.3 Å². The number of amides is 1. The first-order chi connectivity index (χ1) is 7.90. The second kappa shape index (κ2) is 6.00. The molecule has 0 aliphatic carbocycles. The standard InChI is InChI=1S/C12H16BrFN2O/c1-7(2)16-12(17)6-15-11-5-9(13)10(14)4-8(11)3/h4-5,7,15H,6H2,1-3H3,(H,16,17). The maximum atomic E-state index is 13.2. The van der Waals surface area contributed by atoms with E-state index in [2.05, 4.69) is 26.6 Å². The average molecular weight is 303 g/mol. The molecule has 0 fully saturated rings. The van der Waals surface area contributed by atoms with Crippen LogP contribution in [0.15, 0.2) is 16.6 Å². The van der Waals surface area contributed by atoms with Gasteiger partial charge in [-0.25, -0.2) is 4.39 Å². The summed E-state index contributed by atoms with van der Waals surface area (Å²) in [5.74, 6) is -0.389. The first-order valence-corrected chi connectivity index (χ1v) is 6.18. The number of aryl methyl sites for hydroxylation is 1. The van der Waals surface area contributed by atoms with Crippen LogP contribution in [0.4, 0.5) is 10.1 Å². The molecule has 0 saturated carbocycles. The average Bonchev–Trinajstić information content (AvgIpc) is 2.20. The van der Waals surface area contributed by atoms with Crippen LogP contribution >= 0.6 is 15.9 Å². The minimum atomic E-state index is -0.306. The molecule has 1 aromatic carbocycles. The van der Waals surface area contributed by atoms with Gasteiger partial charge < -0.3 is 10.6 Å². The van der Waals surface area contributed by atoms with Crippen molar-refractivity contribution in [2.75, 3.05) is 11.9 Å². The lowest BCUT2D eigenvalue weighted by Gasteiger charge is -2.12. The van der Waals surface area contributed by atoms with Crippen LogP contribution in [0.5, 0.6) is 0 Å². The predicted octanol–water partition coefficient (Wildman–Crippen LogP) is 2.83. The molecule has 0 spiro atoms. The van der Waals surface area contributed by atoms with Crippen molar-refractivity contribution in [2.45, 2.75) is 26.8 Å². The molecule has 0 aromatic heterocycles. The largest absolute Gasteiger partial charge is 0.376 e. The molecule has 2 N–H and O–H groups in total. The van der Waals surface area contributed by atoms with Crippen molar-refractivity contribution in [1.82, 2.24) is 5.32 Å². The zero-order valence-corrected chi connectivity index (χ0v) is 11.7. The Labute approximate surface area is 109 Å². The summed E-state index contributed by atoms with van der Waals surface area (Å²) in [6.45, 7) is 5.77. The molecule has 1 amide bonds. The summed E-state index contributed by atoms with van der Waals surface area (Å²) in [5.41, 5.74) is 1.51. The van der Waals surface area contributed by atoms with Gasteiger partial charge in [0.15, 0.2) is 0 Å². The molecule has 1 aromatic rings. The smallest absolute Gasteiger partial charge is 0.239 e. The Kier molecular flexibility index (Phi) is 4.93. The maximum absolute atomic E-state index is 13.2. The monoisotopic (exact) mass is 302 g/mol. The van der Waals surface area contributed by atoms with Crippen LogP contribution in [-0.4, -0.2) is 18.5 Å². The molecular formula is C12H16BrFN2O. The second-order valence-electron chi connectivity index (χ2n) is 4.16. The summed E-state index contributed by atoms with van der Waals surface area (Å²) in [4.78, 5) is 11.4. The first kappa shape index (κ1) is 14.0. The van der Waals surface area contributed by atoms with Gasteiger partial charge in [-0.1, -0.05) is 0 Å². The van der Waals surface area contributed by atoms with E-state index < -0.39 is 0 Å². The number of anilines is 1. The van der Waals surface area contributed by atoms with Gasteiger partial charge in [-0.05, 0) is 54.4 Å². The van der Waals surface area contributed by atoms with Crippen molar-refractivity contribution in [3.8, 4) is 0 Å². The molecule has 0 aliphatic rings. The summed E-state index contributed by atoms with van der Waals surface area (Å²) in [6, 6.07) is 3.17. The molecule has 0 bridgehead atoms. The SMILES string of the molecule is Cc1cc(F)c(Br)cc1NCC(=O)NC(C)C. The number of nitrogens with one attached hydrogen (secondary N) is 2. The Morgan fingerprint density at radius 3 is 2.71 bits per heavy atom. The van der Waals surface area contributed by atoms with Crippen LogP contribution in [0.25, 0.3) is 0 Å². The van der Waals surface area contributed by atoms with Gasteiger partial charge in [-0.2, -0.15) is 0 Å². The highest BCUT2D eigenvalue weighted by atomic mass is 79.9. The molecule has 0 radical (unpaired) electrons. The number of hydrogen-bond acceptors (Lipinski definition) is 2. The van der Waals surface area contributed by atoms with Crippen molar-refractivity contribution in [1.29, 1.82) is 0 Å². The normalized spacial score (nSPS) is 10.5. The lowest BCUT2D eigenvalue weighted by molar-refractivity contribution is -0.119. The third-order valence-corrected chi connectivity index (χ3v) is 2.76. The number of benzene rings is 1. The van der Waals surface area contributed by atoms with Crippen LogP contribution in [0.1, 0.15) is 19.4 Å². The van der Waals surface area contributed by atoms with E-state index in [-0.39, 0.29) is 24.3 Å². The minimum Gasteiger partial charge on any atom is -0.376 e. The number of carbonyl (C=O) groups is 1. The van der Waals surface area contributed by atoms with Crippen LogP contribution in [0.3, 0.4) is 0 Å². The van der Waals surface area contributed by atoms with Crippen molar-refractivity contribution in [2.24, 2.45) is 0 Å². The third kappa shape index (κ3) is 4.34. The Bertz CT molecular complexity index is 421. The highest BCUT2D eigenvalue weighted by Gasteiger charge is 2.07. The fraction of sp³-hybridized carbons (Fsp3) is 0.417. The number of carbonyl (C=O) groups excluding carboxylic acids is 1. The van der Waals surface area contributed by atoms with Crippen LogP contribution in [0.2, 0.25) is 0 Å². The fourth-order valence-electron chi connectivity index (χ4n) is 1.39. The van der Waals surface area contributed by atoms with E-state index in [0.29, 0.717) is 4.47 Å². The number of rotatable bonds is 4. The molecule has 0 atom stereocenters. The highest BCUT2D eigenvalue weighted by molar-refractivity contribution is 9.10. The first-order valence-electron chi connectivity index (χ1n) is 5.39. The molecule has 0 saturated heterocycles. The molecule has 0 unspecified atom stereocenters. The lowest BCUT2D eigenvalue weighted by Crippen LogP contribution is -2.34. The van der Waals surface area contributed by atoms with Gasteiger partial charge in [0.1, 0.15) is 5.82 Å². The Hall–Kier alpha value is -1.10. The third-order valence-electron chi connectivity index (χ3n) is 2.16. The van der Waals surface area contributed by atoms with Crippen molar-refractivity contribution in [3.05, 3.63) is 28.0 Å². The minimum absolute atomic E-state index is 0.0835. The van der Waals surface area contributed by atoms with Gasteiger partial charge in [0.2, 0.25) is 5.91 Å². The maximum Gasteiger partial charge on any atom is 0.239 e. The van der Waals surface area contributed by atoms with E-state index in [4.69, 9.17) is 0 Å². The summed E-state index contributed by atoms with van der Waals surface area (Å²) < 4.78 is 13.6. The quantitative estimate of drug-likeness (QED) is 0.898. The van der Waals surface area contributed by atoms with Gasteiger partial charge in [0.25, 0.3) is 0 Å². The van der Waals surface area contributed by atoms with E-state index in [1.165, 1.54) is 6.07 Å². The van der Waals surface area contributed by atoms with Crippen LogP contribution < -0.4 is 10.6 Å². The van der Waals surface area contributed by atoms with Gasteiger partial charge in [0.05, 0.1) is 11.0 Å². The lowest BCUT2D eigenvalue weighted by atomic mass is 10.2. The zero-order chi connectivity index (χ0) is 13.0. The topological polar surface area (TPSA) is 41.1 Å². The molecule has 1 rings (SSSR count). The van der Waals surface area contributed by atoms with Gasteiger partial charge in [0, 0.05) is 11.7 Å². The molecule has 3 nitrogen and oxygen atoms in total. The molecular weight excluding hydrogens is 287 g/mol. The van der Waals surface area contributed by atoms with E-state index in [9.17, 15) is 9.18 Å². The molecule has 5 heteroatoms. The number of hydrogen-bond donors (Lipinski definition) is 2. The predicted molar refractivity (Wildman–Crippen MR) is 70.6 cm³/mol. The number of halogens is 2. The van der Waals surface area contributed by atoms with Crippen molar-refractivity contribution < 1.29 is 9.18 Å².